The fourth-order valence-electron chi connectivity index (χ4n) is 2.43. The molecule has 21 heavy (non-hydrogen) atoms. The van der Waals surface area contributed by atoms with Crippen LogP contribution >= 0.6 is 0 Å². The molecular weight excluding hydrogens is 264 g/mol. The third-order valence-electron chi connectivity index (χ3n) is 3.38. The minimum absolute atomic E-state index is 0.277. The zero-order valence-corrected chi connectivity index (χ0v) is 13.0. The molecule has 1 heterocycles. The van der Waals surface area contributed by atoms with Gasteiger partial charge in [0.2, 0.25) is 0 Å². The van der Waals surface area contributed by atoms with Crippen LogP contribution in [0.2, 0.25) is 0 Å². The van der Waals surface area contributed by atoms with Crippen molar-refractivity contribution in [3.63, 3.8) is 0 Å². The van der Waals surface area contributed by atoms with Gasteiger partial charge < -0.3 is 10.4 Å². The largest absolute Gasteiger partial charge is 0.392 e. The summed E-state index contributed by atoms with van der Waals surface area (Å²) in [5.74, 6) is 0.519. The first kappa shape index (κ1) is 15.7. The predicted octanol–water partition coefficient (Wildman–Crippen LogP) is 2.07. The summed E-state index contributed by atoms with van der Waals surface area (Å²) in [5.41, 5.74) is 3.40. The van der Waals surface area contributed by atoms with E-state index < -0.39 is 0 Å². The zero-order valence-electron chi connectivity index (χ0n) is 13.0. The molecule has 1 unspecified atom stereocenters. The predicted molar refractivity (Wildman–Crippen MR) is 83.3 cm³/mol. The van der Waals surface area contributed by atoms with Gasteiger partial charge >= 0.3 is 0 Å². The number of benzene rings is 1. The average molecular weight is 288 g/mol. The highest BCUT2D eigenvalue weighted by atomic mass is 16.3. The van der Waals surface area contributed by atoms with Gasteiger partial charge in [0.25, 0.3) is 0 Å². The highest BCUT2D eigenvalue weighted by molar-refractivity contribution is 5.41. The van der Waals surface area contributed by atoms with Crippen LogP contribution in [0.4, 0.5) is 0 Å². The Kier molecular flexibility index (Phi) is 5.47. The normalized spacial score (nSPS) is 12.8. The summed E-state index contributed by atoms with van der Waals surface area (Å²) in [6.45, 7) is 7.69. The number of aliphatic hydroxyl groups is 1. The Morgan fingerprint density at radius 3 is 2.76 bits per heavy atom. The van der Waals surface area contributed by atoms with Crippen LogP contribution in [-0.2, 0) is 6.54 Å². The molecule has 1 aromatic heterocycles. The summed E-state index contributed by atoms with van der Waals surface area (Å²) in [6, 6.07) is 6.26. The number of nitrogens with zero attached hydrogens (tertiary/aromatic N) is 3. The molecule has 0 bridgehead atoms. The lowest BCUT2D eigenvalue weighted by Gasteiger charge is -2.14. The van der Waals surface area contributed by atoms with Gasteiger partial charge in [0.1, 0.15) is 12.7 Å². The second kappa shape index (κ2) is 7.33. The van der Waals surface area contributed by atoms with E-state index in [-0.39, 0.29) is 6.10 Å². The lowest BCUT2D eigenvalue weighted by Crippen LogP contribution is -2.27. The van der Waals surface area contributed by atoms with Crippen LogP contribution < -0.4 is 5.32 Å². The van der Waals surface area contributed by atoms with Crippen LogP contribution in [0.5, 0.6) is 0 Å². The van der Waals surface area contributed by atoms with E-state index in [0.717, 1.165) is 24.2 Å². The summed E-state index contributed by atoms with van der Waals surface area (Å²) < 4.78 is 1.76. The molecule has 0 aliphatic rings. The molecule has 0 saturated carbocycles. The number of aryl methyl sites for hydroxylation is 1. The Bertz CT molecular complexity index is 551. The highest BCUT2D eigenvalue weighted by Gasteiger charge is 2.07. The van der Waals surface area contributed by atoms with Crippen LogP contribution in [-0.4, -0.2) is 32.5 Å². The first-order chi connectivity index (χ1) is 10.1. The Hall–Kier alpha value is -1.72. The molecule has 0 saturated heterocycles. The van der Waals surface area contributed by atoms with Crippen molar-refractivity contribution in [1.82, 2.24) is 20.1 Å². The zero-order chi connectivity index (χ0) is 15.2. The van der Waals surface area contributed by atoms with Crippen LogP contribution in [0.1, 0.15) is 31.4 Å². The lowest BCUT2D eigenvalue weighted by atomic mass is 10.1. The molecule has 5 nitrogen and oxygen atoms in total. The molecule has 0 aliphatic carbocycles. The molecule has 2 aromatic rings. The number of hydrogen-bond acceptors (Lipinski definition) is 4. The van der Waals surface area contributed by atoms with Gasteiger partial charge in [-0.25, -0.2) is 9.67 Å². The van der Waals surface area contributed by atoms with Crippen molar-refractivity contribution in [3.05, 3.63) is 42.0 Å². The summed E-state index contributed by atoms with van der Waals surface area (Å²) in [7, 11) is 0. The van der Waals surface area contributed by atoms with Crippen molar-refractivity contribution in [2.24, 2.45) is 5.92 Å². The minimum atomic E-state index is -0.277. The first-order valence-electron chi connectivity index (χ1n) is 7.39. The highest BCUT2D eigenvalue weighted by Crippen LogP contribution is 2.14. The van der Waals surface area contributed by atoms with Gasteiger partial charge in [-0.15, -0.1) is 0 Å². The number of aliphatic hydroxyl groups excluding tert-OH is 1. The maximum absolute atomic E-state index is 9.84. The Morgan fingerprint density at radius 2 is 2.14 bits per heavy atom. The molecule has 5 heteroatoms. The SMILES string of the molecule is Cc1cc(CNCC(O)CC(C)C)ccc1-n1cncn1. The second-order valence-electron chi connectivity index (χ2n) is 5.88. The van der Waals surface area contributed by atoms with Crippen molar-refractivity contribution >= 4 is 0 Å². The molecule has 2 N–H and O–H groups in total. The van der Waals surface area contributed by atoms with Crippen LogP contribution in [0.3, 0.4) is 0 Å². The Labute approximate surface area is 126 Å². The number of nitrogens with one attached hydrogen (secondary N) is 1. The van der Waals surface area contributed by atoms with Crippen molar-refractivity contribution in [1.29, 1.82) is 0 Å². The summed E-state index contributed by atoms with van der Waals surface area (Å²) in [6.07, 6.45) is 3.78. The van der Waals surface area contributed by atoms with E-state index in [2.05, 4.69) is 48.3 Å². The van der Waals surface area contributed by atoms with E-state index in [1.807, 2.05) is 6.07 Å². The van der Waals surface area contributed by atoms with Crippen LogP contribution in [0.25, 0.3) is 5.69 Å². The Morgan fingerprint density at radius 1 is 1.33 bits per heavy atom. The topological polar surface area (TPSA) is 63.0 Å². The van der Waals surface area contributed by atoms with E-state index in [1.165, 1.54) is 11.9 Å². The molecule has 2 rings (SSSR count). The second-order valence-corrected chi connectivity index (χ2v) is 5.88. The third-order valence-corrected chi connectivity index (χ3v) is 3.38. The lowest BCUT2D eigenvalue weighted by molar-refractivity contribution is 0.146. The van der Waals surface area contributed by atoms with Crippen LogP contribution in [0, 0.1) is 12.8 Å². The van der Waals surface area contributed by atoms with Gasteiger partial charge in [-0.3, -0.25) is 0 Å². The quantitative estimate of drug-likeness (QED) is 0.819. The molecule has 0 spiro atoms. The molecule has 1 atom stereocenters. The molecule has 114 valence electrons. The van der Waals surface area contributed by atoms with Gasteiger partial charge in [0.05, 0.1) is 11.8 Å². The fraction of sp³-hybridized carbons (Fsp3) is 0.500. The van der Waals surface area contributed by atoms with E-state index in [9.17, 15) is 5.11 Å². The molecule has 0 fully saturated rings. The number of rotatable bonds is 7. The van der Waals surface area contributed by atoms with Crippen molar-refractivity contribution < 1.29 is 5.11 Å². The molecule has 0 amide bonds. The van der Waals surface area contributed by atoms with Gasteiger partial charge in [-0.2, -0.15) is 5.10 Å². The number of aromatic nitrogens is 3. The maximum Gasteiger partial charge on any atom is 0.138 e. The molecule has 1 aromatic carbocycles. The average Bonchev–Trinajstić information content (AvgIpc) is 2.91. The van der Waals surface area contributed by atoms with Gasteiger partial charge in [0.15, 0.2) is 0 Å². The maximum atomic E-state index is 9.84. The summed E-state index contributed by atoms with van der Waals surface area (Å²) >= 11 is 0. The van der Waals surface area contributed by atoms with E-state index in [0.29, 0.717) is 12.5 Å². The summed E-state index contributed by atoms with van der Waals surface area (Å²) in [4.78, 5) is 3.97. The molecule has 0 radical (unpaired) electrons. The van der Waals surface area contributed by atoms with Crippen LogP contribution in [0.15, 0.2) is 30.9 Å². The summed E-state index contributed by atoms with van der Waals surface area (Å²) in [5, 5.41) is 17.3. The van der Waals surface area contributed by atoms with Crippen molar-refractivity contribution in [2.45, 2.75) is 39.8 Å². The van der Waals surface area contributed by atoms with E-state index >= 15 is 0 Å². The fourth-order valence-corrected chi connectivity index (χ4v) is 2.43. The van der Waals surface area contributed by atoms with Crippen molar-refractivity contribution in [2.75, 3.05) is 6.54 Å². The Balaban J connectivity index is 1.89. The monoisotopic (exact) mass is 288 g/mol. The van der Waals surface area contributed by atoms with Gasteiger partial charge in [-0.1, -0.05) is 26.0 Å². The molecular formula is C16H24N4O. The number of hydrogen-bond donors (Lipinski definition) is 2. The van der Waals surface area contributed by atoms with Crippen molar-refractivity contribution in [3.8, 4) is 5.69 Å². The standard InChI is InChI=1S/C16H24N4O/c1-12(2)6-15(21)9-17-8-14-4-5-16(13(3)7-14)20-11-18-10-19-20/h4-5,7,10-12,15,17,21H,6,8-9H2,1-3H3. The minimum Gasteiger partial charge on any atom is -0.392 e. The van der Waals surface area contributed by atoms with Gasteiger partial charge in [0, 0.05) is 13.1 Å². The van der Waals surface area contributed by atoms with Gasteiger partial charge in [-0.05, 0) is 36.5 Å². The van der Waals surface area contributed by atoms with E-state index in [4.69, 9.17) is 0 Å². The molecule has 0 aliphatic heterocycles. The third kappa shape index (κ3) is 4.65. The van der Waals surface area contributed by atoms with E-state index in [1.54, 1.807) is 11.0 Å². The first-order valence-corrected chi connectivity index (χ1v) is 7.39. The smallest absolute Gasteiger partial charge is 0.138 e.